The van der Waals surface area contributed by atoms with Gasteiger partial charge in [0.1, 0.15) is 11.6 Å². The van der Waals surface area contributed by atoms with E-state index in [-0.39, 0.29) is 23.5 Å². The second-order valence-electron chi connectivity index (χ2n) is 7.85. The molecule has 1 amide bonds. The number of aryl methyl sites for hydroxylation is 1. The van der Waals surface area contributed by atoms with Gasteiger partial charge in [-0.25, -0.2) is 9.37 Å². The molecule has 5 N–H and O–H groups in total. The minimum atomic E-state index is -0.512. The van der Waals surface area contributed by atoms with Gasteiger partial charge in [0.2, 0.25) is 11.9 Å². The molecule has 0 saturated carbocycles. The molecule has 1 saturated heterocycles. The fourth-order valence-electron chi connectivity index (χ4n) is 3.73. The molecule has 1 aromatic heterocycles. The molecule has 8 heteroatoms. The van der Waals surface area contributed by atoms with Crippen LogP contribution in [0.2, 0.25) is 0 Å². The first kappa shape index (κ1) is 20.6. The van der Waals surface area contributed by atoms with Gasteiger partial charge < -0.3 is 21.7 Å². The van der Waals surface area contributed by atoms with Crippen LogP contribution in [-0.4, -0.2) is 29.0 Å². The highest BCUT2D eigenvalue weighted by molar-refractivity contribution is 5.93. The van der Waals surface area contributed by atoms with Gasteiger partial charge in [-0.2, -0.15) is 4.98 Å². The Labute approximate surface area is 180 Å². The Balaban J connectivity index is 1.52. The number of aromatic nitrogens is 2. The number of amides is 1. The van der Waals surface area contributed by atoms with Gasteiger partial charge in [0.25, 0.3) is 0 Å². The molecule has 0 radical (unpaired) electrons. The van der Waals surface area contributed by atoms with Gasteiger partial charge in [0, 0.05) is 30.4 Å². The van der Waals surface area contributed by atoms with Crippen LogP contribution in [0.5, 0.6) is 0 Å². The molecule has 0 spiro atoms. The normalized spacial score (nSPS) is 16.2. The van der Waals surface area contributed by atoms with Crippen molar-refractivity contribution >= 4 is 29.0 Å². The molecule has 1 atom stereocenters. The molecule has 0 bridgehead atoms. The van der Waals surface area contributed by atoms with Gasteiger partial charge in [0.15, 0.2) is 0 Å². The Morgan fingerprint density at radius 2 is 1.90 bits per heavy atom. The zero-order valence-electron chi connectivity index (χ0n) is 17.3. The van der Waals surface area contributed by atoms with E-state index in [1.807, 2.05) is 36.1 Å². The largest absolute Gasteiger partial charge is 0.396 e. The minimum absolute atomic E-state index is 0.0172. The Hall–Kier alpha value is -3.68. The van der Waals surface area contributed by atoms with Gasteiger partial charge in [-0.3, -0.25) is 4.79 Å². The fraction of sp³-hybridized carbons (Fsp3) is 0.261. The third-order valence-electron chi connectivity index (χ3n) is 5.46. The van der Waals surface area contributed by atoms with Crippen LogP contribution in [0.1, 0.15) is 18.4 Å². The number of nitrogens with zero attached hydrogens (tertiary/aromatic N) is 3. The molecule has 3 aromatic rings. The van der Waals surface area contributed by atoms with Gasteiger partial charge in [-0.15, -0.1) is 0 Å². The smallest absolute Gasteiger partial charge is 0.229 e. The third-order valence-corrected chi connectivity index (χ3v) is 5.46. The number of halogens is 1. The molecule has 1 aliphatic heterocycles. The number of nitrogen functional groups attached to an aromatic ring is 2. The number of piperidine rings is 1. The van der Waals surface area contributed by atoms with Gasteiger partial charge in [-0.1, -0.05) is 23.8 Å². The lowest BCUT2D eigenvalue weighted by Crippen LogP contribution is -2.41. The van der Waals surface area contributed by atoms with Crippen LogP contribution >= 0.6 is 0 Å². The summed E-state index contributed by atoms with van der Waals surface area (Å²) in [7, 11) is 0. The van der Waals surface area contributed by atoms with Crippen molar-refractivity contribution in [2.24, 2.45) is 5.92 Å². The molecular formula is C23H25FN6O. The first-order chi connectivity index (χ1) is 14.9. The predicted octanol–water partition coefficient (Wildman–Crippen LogP) is 3.61. The van der Waals surface area contributed by atoms with Crippen molar-refractivity contribution < 1.29 is 9.18 Å². The van der Waals surface area contributed by atoms with E-state index < -0.39 is 5.82 Å². The third kappa shape index (κ3) is 4.74. The lowest BCUT2D eigenvalue weighted by Gasteiger charge is -2.33. The standard InChI is InChI=1S/C23H25FN6O/c1-14-4-7-17(8-5-14)27-22(31)16-3-2-10-30(13-16)21-12-20(28-23(26)29-21)15-6-9-19(25)18(24)11-15/h4-9,11-12,16H,2-3,10,13,25H2,1H3,(H,27,31)(H2,26,28,29)/t16-/m0/s1. The van der Waals surface area contributed by atoms with Crippen molar-refractivity contribution in [3.05, 3.63) is 59.9 Å². The van der Waals surface area contributed by atoms with Crippen LogP contribution in [0.3, 0.4) is 0 Å². The maximum atomic E-state index is 13.9. The van der Waals surface area contributed by atoms with E-state index in [1.165, 1.54) is 12.1 Å². The monoisotopic (exact) mass is 420 g/mol. The first-order valence-corrected chi connectivity index (χ1v) is 10.2. The van der Waals surface area contributed by atoms with Crippen LogP contribution in [-0.2, 0) is 4.79 Å². The molecule has 0 unspecified atom stereocenters. The van der Waals surface area contributed by atoms with E-state index in [4.69, 9.17) is 11.5 Å². The minimum Gasteiger partial charge on any atom is -0.396 e. The van der Waals surface area contributed by atoms with Crippen LogP contribution in [0.15, 0.2) is 48.5 Å². The maximum Gasteiger partial charge on any atom is 0.229 e. The van der Waals surface area contributed by atoms with Crippen LogP contribution in [0, 0.1) is 18.7 Å². The molecule has 1 aliphatic rings. The highest BCUT2D eigenvalue weighted by Crippen LogP contribution is 2.28. The quantitative estimate of drug-likeness (QED) is 0.556. The molecule has 7 nitrogen and oxygen atoms in total. The highest BCUT2D eigenvalue weighted by atomic mass is 19.1. The van der Waals surface area contributed by atoms with Crippen LogP contribution in [0.4, 0.5) is 27.5 Å². The Kier molecular flexibility index (Phi) is 5.70. The summed E-state index contributed by atoms with van der Waals surface area (Å²) >= 11 is 0. The summed E-state index contributed by atoms with van der Waals surface area (Å²) in [4.78, 5) is 23.4. The van der Waals surface area contributed by atoms with E-state index in [9.17, 15) is 9.18 Å². The number of carbonyl (C=O) groups is 1. The second-order valence-corrected chi connectivity index (χ2v) is 7.85. The number of hydrogen-bond donors (Lipinski definition) is 3. The van der Waals surface area contributed by atoms with Gasteiger partial charge >= 0.3 is 0 Å². The summed E-state index contributed by atoms with van der Waals surface area (Å²) in [5.74, 6) is 0.00523. The van der Waals surface area contributed by atoms with Crippen LogP contribution in [0.25, 0.3) is 11.3 Å². The summed E-state index contributed by atoms with van der Waals surface area (Å²) in [5, 5.41) is 2.99. The molecule has 31 heavy (non-hydrogen) atoms. The lowest BCUT2D eigenvalue weighted by atomic mass is 9.97. The molecule has 2 aromatic carbocycles. The van der Waals surface area contributed by atoms with Gasteiger partial charge in [0.05, 0.1) is 17.3 Å². The van der Waals surface area contributed by atoms with Crippen molar-refractivity contribution in [3.8, 4) is 11.3 Å². The summed E-state index contributed by atoms with van der Waals surface area (Å²) in [6, 6.07) is 14.0. The number of carbonyl (C=O) groups excluding carboxylic acids is 1. The summed E-state index contributed by atoms with van der Waals surface area (Å²) in [5.41, 5.74) is 14.6. The van der Waals surface area contributed by atoms with Crippen molar-refractivity contribution in [2.75, 3.05) is 34.8 Å². The lowest BCUT2D eigenvalue weighted by molar-refractivity contribution is -0.120. The first-order valence-electron chi connectivity index (χ1n) is 10.2. The highest BCUT2D eigenvalue weighted by Gasteiger charge is 2.27. The van der Waals surface area contributed by atoms with E-state index in [0.717, 1.165) is 30.6 Å². The number of anilines is 4. The molecule has 4 rings (SSSR count). The van der Waals surface area contributed by atoms with Crippen molar-refractivity contribution in [1.82, 2.24) is 9.97 Å². The van der Waals surface area contributed by atoms with Crippen LogP contribution < -0.4 is 21.7 Å². The summed E-state index contributed by atoms with van der Waals surface area (Å²) < 4.78 is 13.9. The number of hydrogen-bond acceptors (Lipinski definition) is 6. The Morgan fingerprint density at radius 3 is 2.65 bits per heavy atom. The zero-order chi connectivity index (χ0) is 22.0. The van der Waals surface area contributed by atoms with E-state index in [0.29, 0.717) is 23.6 Å². The number of benzene rings is 2. The average Bonchev–Trinajstić information content (AvgIpc) is 2.77. The molecule has 160 valence electrons. The molecular weight excluding hydrogens is 395 g/mol. The topological polar surface area (TPSA) is 110 Å². The number of nitrogens with one attached hydrogen (secondary N) is 1. The van der Waals surface area contributed by atoms with E-state index in [1.54, 1.807) is 12.1 Å². The van der Waals surface area contributed by atoms with Crippen molar-refractivity contribution in [3.63, 3.8) is 0 Å². The molecule has 0 aliphatic carbocycles. The Bertz CT molecular complexity index is 1100. The van der Waals surface area contributed by atoms with E-state index >= 15 is 0 Å². The van der Waals surface area contributed by atoms with Crippen molar-refractivity contribution in [1.29, 1.82) is 0 Å². The molecule has 1 fully saturated rings. The maximum absolute atomic E-state index is 13.9. The van der Waals surface area contributed by atoms with E-state index in [2.05, 4.69) is 15.3 Å². The fourth-order valence-corrected chi connectivity index (χ4v) is 3.73. The summed E-state index contributed by atoms with van der Waals surface area (Å²) in [6.07, 6.45) is 1.65. The second kappa shape index (κ2) is 8.59. The SMILES string of the molecule is Cc1ccc(NC(=O)[C@H]2CCCN(c3cc(-c4ccc(N)c(F)c4)nc(N)n3)C2)cc1. The van der Waals surface area contributed by atoms with Gasteiger partial charge in [-0.05, 0) is 44.0 Å². The average molecular weight is 420 g/mol. The Morgan fingerprint density at radius 1 is 1.13 bits per heavy atom. The zero-order valence-corrected chi connectivity index (χ0v) is 17.3. The summed E-state index contributed by atoms with van der Waals surface area (Å²) in [6.45, 7) is 3.27. The van der Waals surface area contributed by atoms with Crippen molar-refractivity contribution in [2.45, 2.75) is 19.8 Å². The number of rotatable bonds is 4. The predicted molar refractivity (Wildman–Crippen MR) is 121 cm³/mol. The molecule has 2 heterocycles. The number of nitrogens with two attached hydrogens (primary N) is 2.